The molecule has 0 aromatic heterocycles. The van der Waals surface area contributed by atoms with Gasteiger partial charge >= 0.3 is 0 Å². The molecule has 1 amide bonds. The van der Waals surface area contributed by atoms with Gasteiger partial charge in [-0.25, -0.2) is 0 Å². The van der Waals surface area contributed by atoms with Crippen molar-refractivity contribution in [1.29, 1.82) is 0 Å². The number of carbonyl (C=O) groups excluding carboxylic acids is 1. The van der Waals surface area contributed by atoms with Gasteiger partial charge < -0.3 is 11.1 Å². The number of hydrogen-bond donors (Lipinski definition) is 2. The second-order valence-corrected chi connectivity index (χ2v) is 7.51. The number of primary amides is 1. The average molecular weight is 349 g/mol. The van der Waals surface area contributed by atoms with E-state index in [1.165, 1.54) is 0 Å². The highest BCUT2D eigenvalue weighted by Gasteiger charge is 2.30. The molecule has 0 saturated heterocycles. The summed E-state index contributed by atoms with van der Waals surface area (Å²) in [5.41, 5.74) is 4.85. The van der Waals surface area contributed by atoms with Gasteiger partial charge in [-0.05, 0) is 57.6 Å². The zero-order valence-corrected chi connectivity index (χ0v) is 14.9. The lowest BCUT2D eigenvalue weighted by atomic mass is 9.94. The van der Waals surface area contributed by atoms with Crippen LogP contribution in [-0.4, -0.2) is 23.2 Å². The molecule has 0 radical (unpaired) electrons. The fraction of sp³-hybridized carbons (Fsp3) is 0.533. The highest BCUT2D eigenvalue weighted by molar-refractivity contribution is 7.99. The van der Waals surface area contributed by atoms with Crippen LogP contribution in [0.1, 0.15) is 33.6 Å². The van der Waals surface area contributed by atoms with Crippen molar-refractivity contribution in [3.05, 3.63) is 28.2 Å². The normalized spacial score (nSPS) is 14.2. The predicted octanol–water partition coefficient (Wildman–Crippen LogP) is 4.11. The maximum absolute atomic E-state index is 11.6. The molecule has 1 aromatic carbocycles. The summed E-state index contributed by atoms with van der Waals surface area (Å²) < 4.78 is 0. The number of nitrogens with one attached hydrogen (secondary N) is 1. The number of benzene rings is 1. The smallest absolute Gasteiger partial charge is 0.237 e. The van der Waals surface area contributed by atoms with Crippen molar-refractivity contribution >= 4 is 40.9 Å². The summed E-state index contributed by atoms with van der Waals surface area (Å²) >= 11 is 13.6. The third-order valence-electron chi connectivity index (χ3n) is 3.13. The lowest BCUT2D eigenvalue weighted by Gasteiger charge is -2.29. The van der Waals surface area contributed by atoms with Gasteiger partial charge in [-0.15, -0.1) is 11.8 Å². The first-order chi connectivity index (χ1) is 9.74. The molecule has 0 bridgehead atoms. The summed E-state index contributed by atoms with van der Waals surface area (Å²) in [7, 11) is 0. The minimum Gasteiger partial charge on any atom is -0.368 e. The molecule has 3 nitrogen and oxygen atoms in total. The SMILES string of the molecule is CC(C)NC(C)(CCCSc1ccc(Cl)c(Cl)c1)C(N)=O. The molecule has 0 spiro atoms. The number of carbonyl (C=O) groups is 1. The Morgan fingerprint density at radius 1 is 1.38 bits per heavy atom. The summed E-state index contributed by atoms with van der Waals surface area (Å²) in [4.78, 5) is 12.7. The molecule has 0 aliphatic carbocycles. The number of nitrogens with two attached hydrogens (primary N) is 1. The van der Waals surface area contributed by atoms with E-state index in [0.29, 0.717) is 16.5 Å². The number of thioether (sulfide) groups is 1. The largest absolute Gasteiger partial charge is 0.368 e. The Balaban J connectivity index is 2.47. The fourth-order valence-corrected chi connectivity index (χ4v) is 3.34. The molecule has 1 unspecified atom stereocenters. The Bertz CT molecular complexity index is 497. The van der Waals surface area contributed by atoms with Gasteiger partial charge in [-0.2, -0.15) is 0 Å². The van der Waals surface area contributed by atoms with Crippen LogP contribution < -0.4 is 11.1 Å². The van der Waals surface area contributed by atoms with Gasteiger partial charge in [0.05, 0.1) is 15.6 Å². The first-order valence-corrected chi connectivity index (χ1v) is 8.64. The molecule has 3 N–H and O–H groups in total. The summed E-state index contributed by atoms with van der Waals surface area (Å²) in [5.74, 6) is 0.580. The van der Waals surface area contributed by atoms with E-state index in [0.717, 1.165) is 17.1 Å². The molecular weight excluding hydrogens is 327 g/mol. The fourth-order valence-electron chi connectivity index (χ4n) is 2.09. The van der Waals surface area contributed by atoms with E-state index in [9.17, 15) is 4.79 Å². The summed E-state index contributed by atoms with van der Waals surface area (Å²) in [5, 5.41) is 4.37. The Morgan fingerprint density at radius 3 is 2.57 bits per heavy atom. The van der Waals surface area contributed by atoms with Crippen LogP contribution in [0.25, 0.3) is 0 Å². The van der Waals surface area contributed by atoms with Gasteiger partial charge in [0.1, 0.15) is 0 Å². The van der Waals surface area contributed by atoms with E-state index in [4.69, 9.17) is 28.9 Å². The maximum Gasteiger partial charge on any atom is 0.237 e. The quantitative estimate of drug-likeness (QED) is 0.549. The lowest BCUT2D eigenvalue weighted by Crippen LogP contribution is -2.55. The van der Waals surface area contributed by atoms with E-state index >= 15 is 0 Å². The van der Waals surface area contributed by atoms with Gasteiger partial charge in [0.25, 0.3) is 0 Å². The first-order valence-electron chi connectivity index (χ1n) is 6.90. The Kier molecular flexibility index (Phi) is 7.34. The van der Waals surface area contributed by atoms with Crippen LogP contribution in [0, 0.1) is 0 Å². The maximum atomic E-state index is 11.6. The number of hydrogen-bond acceptors (Lipinski definition) is 3. The second kappa shape index (κ2) is 8.28. The van der Waals surface area contributed by atoms with Gasteiger partial charge in [-0.1, -0.05) is 23.2 Å². The van der Waals surface area contributed by atoms with Crippen LogP contribution >= 0.6 is 35.0 Å². The standard InChI is InChI=1S/C15H22Cl2N2OS/c1-10(2)19-15(3,14(18)20)7-4-8-21-11-5-6-12(16)13(17)9-11/h5-6,9-10,19H,4,7-8H2,1-3H3,(H2,18,20). The van der Waals surface area contributed by atoms with Crippen LogP contribution in [0.2, 0.25) is 10.0 Å². The van der Waals surface area contributed by atoms with E-state index in [-0.39, 0.29) is 11.9 Å². The van der Waals surface area contributed by atoms with Gasteiger partial charge in [0.15, 0.2) is 0 Å². The molecular formula is C15H22Cl2N2OS. The van der Waals surface area contributed by atoms with E-state index in [2.05, 4.69) is 5.32 Å². The van der Waals surface area contributed by atoms with Crippen LogP contribution in [0.3, 0.4) is 0 Å². The predicted molar refractivity (Wildman–Crippen MR) is 92.3 cm³/mol. The topological polar surface area (TPSA) is 55.1 Å². The third kappa shape index (κ3) is 6.07. The van der Waals surface area contributed by atoms with E-state index in [1.807, 2.05) is 32.9 Å². The van der Waals surface area contributed by atoms with Crippen molar-refractivity contribution < 1.29 is 4.79 Å². The van der Waals surface area contributed by atoms with Crippen molar-refractivity contribution in [2.24, 2.45) is 5.73 Å². The zero-order chi connectivity index (χ0) is 16.0. The summed E-state index contributed by atoms with van der Waals surface area (Å²) in [6.07, 6.45) is 1.58. The Morgan fingerprint density at radius 2 is 2.05 bits per heavy atom. The van der Waals surface area contributed by atoms with Crippen molar-refractivity contribution in [1.82, 2.24) is 5.32 Å². The lowest BCUT2D eigenvalue weighted by molar-refractivity contribution is -0.124. The summed E-state index contributed by atoms with van der Waals surface area (Å²) in [6.45, 7) is 5.87. The van der Waals surface area contributed by atoms with Gasteiger partial charge in [0.2, 0.25) is 5.91 Å². The highest BCUT2D eigenvalue weighted by Crippen LogP contribution is 2.29. The van der Waals surface area contributed by atoms with Crippen LogP contribution in [-0.2, 0) is 4.79 Å². The Labute approximate surface area is 140 Å². The van der Waals surface area contributed by atoms with Gasteiger partial charge in [-0.3, -0.25) is 4.79 Å². The molecule has 118 valence electrons. The molecule has 1 aromatic rings. The molecule has 0 heterocycles. The van der Waals surface area contributed by atoms with E-state index in [1.54, 1.807) is 17.8 Å². The second-order valence-electron chi connectivity index (χ2n) is 5.52. The molecule has 0 aliphatic heterocycles. The minimum absolute atomic E-state index is 0.213. The number of halogens is 2. The molecule has 0 saturated carbocycles. The first kappa shape index (κ1) is 18.6. The van der Waals surface area contributed by atoms with Crippen molar-refractivity contribution in [3.8, 4) is 0 Å². The molecule has 0 fully saturated rings. The average Bonchev–Trinajstić information content (AvgIpc) is 2.38. The Hall–Kier alpha value is -0.420. The number of rotatable bonds is 8. The molecule has 0 aliphatic rings. The van der Waals surface area contributed by atoms with Gasteiger partial charge in [0, 0.05) is 10.9 Å². The van der Waals surface area contributed by atoms with Crippen LogP contribution in [0.4, 0.5) is 0 Å². The molecule has 1 rings (SSSR count). The monoisotopic (exact) mass is 348 g/mol. The molecule has 6 heteroatoms. The zero-order valence-electron chi connectivity index (χ0n) is 12.6. The summed E-state index contributed by atoms with van der Waals surface area (Å²) in [6, 6.07) is 5.80. The van der Waals surface area contributed by atoms with E-state index < -0.39 is 5.54 Å². The van der Waals surface area contributed by atoms with Crippen molar-refractivity contribution in [3.63, 3.8) is 0 Å². The third-order valence-corrected chi connectivity index (χ3v) is 4.95. The van der Waals surface area contributed by atoms with Crippen LogP contribution in [0.15, 0.2) is 23.1 Å². The highest BCUT2D eigenvalue weighted by atomic mass is 35.5. The van der Waals surface area contributed by atoms with Crippen LogP contribution in [0.5, 0.6) is 0 Å². The number of amides is 1. The van der Waals surface area contributed by atoms with Crippen molar-refractivity contribution in [2.45, 2.75) is 50.1 Å². The molecule has 1 atom stereocenters. The minimum atomic E-state index is -0.660. The molecule has 21 heavy (non-hydrogen) atoms. The van der Waals surface area contributed by atoms with Crippen molar-refractivity contribution in [2.75, 3.05) is 5.75 Å².